The first-order valence-electron chi connectivity index (χ1n) is 5.75. The van der Waals surface area contributed by atoms with Crippen molar-refractivity contribution in [2.75, 3.05) is 32.1 Å². The summed E-state index contributed by atoms with van der Waals surface area (Å²) in [5.41, 5.74) is 0.567. The van der Waals surface area contributed by atoms with Gasteiger partial charge < -0.3 is 15.4 Å². The average Bonchev–Trinajstić information content (AvgIpc) is 2.37. The zero-order valence-electron chi connectivity index (χ0n) is 10.3. The summed E-state index contributed by atoms with van der Waals surface area (Å²) in [6.45, 7) is 3.87. The highest BCUT2D eigenvalue weighted by Crippen LogP contribution is 2.10. The summed E-state index contributed by atoms with van der Waals surface area (Å²) in [7, 11) is 1.60. The average molecular weight is 237 g/mol. The number of hydrogen-bond acceptors (Lipinski definition) is 4. The highest BCUT2D eigenvalue weighted by molar-refractivity contribution is 5.98. The van der Waals surface area contributed by atoms with Gasteiger partial charge in [-0.1, -0.05) is 6.92 Å². The summed E-state index contributed by atoms with van der Waals surface area (Å²) >= 11 is 0. The van der Waals surface area contributed by atoms with Gasteiger partial charge in [-0.15, -0.1) is 0 Å². The van der Waals surface area contributed by atoms with Crippen LogP contribution < -0.4 is 10.6 Å². The number of carbonyl (C=O) groups is 1. The molecule has 0 fully saturated rings. The number of hydrogen-bond donors (Lipinski definition) is 2. The molecule has 0 bridgehead atoms. The molecule has 0 aliphatic rings. The third-order valence-corrected chi connectivity index (χ3v) is 2.19. The van der Waals surface area contributed by atoms with Crippen molar-refractivity contribution in [3.63, 3.8) is 0 Å². The summed E-state index contributed by atoms with van der Waals surface area (Å²) in [6.07, 6.45) is 2.66. The fourth-order valence-electron chi connectivity index (χ4n) is 1.33. The first-order valence-corrected chi connectivity index (χ1v) is 5.75. The lowest BCUT2D eigenvalue weighted by Crippen LogP contribution is -2.28. The fraction of sp³-hybridized carbons (Fsp3) is 0.500. The van der Waals surface area contributed by atoms with Gasteiger partial charge in [0.25, 0.3) is 5.91 Å². The molecular formula is C12H19N3O2. The van der Waals surface area contributed by atoms with Crippen LogP contribution in [0, 0.1) is 0 Å². The molecule has 0 spiro atoms. The normalized spacial score (nSPS) is 10.0. The molecule has 0 saturated heterocycles. The Labute approximate surface area is 102 Å². The van der Waals surface area contributed by atoms with Crippen LogP contribution in [0.5, 0.6) is 0 Å². The molecule has 2 N–H and O–H groups in total. The van der Waals surface area contributed by atoms with Crippen molar-refractivity contribution in [2.45, 2.75) is 13.3 Å². The second kappa shape index (κ2) is 7.62. The zero-order valence-corrected chi connectivity index (χ0v) is 10.3. The minimum Gasteiger partial charge on any atom is -0.383 e. The lowest BCUT2D eigenvalue weighted by molar-refractivity contribution is 0.0937. The molecule has 0 aliphatic heterocycles. The smallest absolute Gasteiger partial charge is 0.255 e. The van der Waals surface area contributed by atoms with Gasteiger partial charge in [0, 0.05) is 26.4 Å². The molecule has 5 nitrogen and oxygen atoms in total. The highest BCUT2D eigenvalue weighted by Gasteiger charge is 2.10. The van der Waals surface area contributed by atoms with Gasteiger partial charge in [0.05, 0.1) is 12.2 Å². The van der Waals surface area contributed by atoms with Crippen LogP contribution in [0.4, 0.5) is 5.82 Å². The van der Waals surface area contributed by atoms with Crippen molar-refractivity contribution in [1.29, 1.82) is 0 Å². The maximum atomic E-state index is 11.9. The first kappa shape index (κ1) is 13.4. The van der Waals surface area contributed by atoms with Crippen molar-refractivity contribution in [1.82, 2.24) is 10.3 Å². The molecule has 1 heterocycles. The number of rotatable bonds is 7. The number of nitrogens with one attached hydrogen (secondary N) is 2. The van der Waals surface area contributed by atoms with Crippen LogP contribution in [-0.4, -0.2) is 37.7 Å². The molecule has 5 heteroatoms. The predicted octanol–water partition coefficient (Wildman–Crippen LogP) is 1.28. The maximum absolute atomic E-state index is 11.9. The molecule has 1 aromatic heterocycles. The maximum Gasteiger partial charge on any atom is 0.255 e. The van der Waals surface area contributed by atoms with E-state index in [-0.39, 0.29) is 5.91 Å². The lowest BCUT2D eigenvalue weighted by Gasteiger charge is -2.10. The summed E-state index contributed by atoms with van der Waals surface area (Å²) in [4.78, 5) is 16.0. The van der Waals surface area contributed by atoms with E-state index in [1.54, 1.807) is 25.4 Å². The van der Waals surface area contributed by atoms with Crippen LogP contribution in [-0.2, 0) is 4.74 Å². The molecule has 0 radical (unpaired) electrons. The molecule has 0 unspecified atom stereocenters. The van der Waals surface area contributed by atoms with Gasteiger partial charge in [-0.2, -0.15) is 0 Å². The third-order valence-electron chi connectivity index (χ3n) is 2.19. The van der Waals surface area contributed by atoms with Crippen LogP contribution in [0.15, 0.2) is 18.3 Å². The van der Waals surface area contributed by atoms with E-state index in [1.807, 2.05) is 0 Å². The quantitative estimate of drug-likeness (QED) is 0.701. The van der Waals surface area contributed by atoms with Crippen LogP contribution in [0.25, 0.3) is 0 Å². The number of pyridine rings is 1. The molecule has 0 aliphatic carbocycles. The second-order valence-corrected chi connectivity index (χ2v) is 3.58. The molecule has 17 heavy (non-hydrogen) atoms. The summed E-state index contributed by atoms with van der Waals surface area (Å²) < 4.78 is 4.88. The molecule has 0 aromatic carbocycles. The Morgan fingerprint density at radius 3 is 3.00 bits per heavy atom. The third kappa shape index (κ3) is 4.40. The van der Waals surface area contributed by atoms with Crippen LogP contribution in [0.1, 0.15) is 23.7 Å². The van der Waals surface area contributed by atoms with Crippen molar-refractivity contribution < 1.29 is 9.53 Å². The van der Waals surface area contributed by atoms with E-state index in [1.165, 1.54) is 0 Å². The zero-order chi connectivity index (χ0) is 12.5. The molecule has 0 atom stereocenters. The SMILES string of the molecule is CCCNc1ncccc1C(=O)NCCOC. The first-order chi connectivity index (χ1) is 8.29. The van der Waals surface area contributed by atoms with E-state index in [0.717, 1.165) is 13.0 Å². The van der Waals surface area contributed by atoms with E-state index in [0.29, 0.717) is 24.5 Å². The standard InChI is InChI=1S/C12H19N3O2/c1-3-6-13-11-10(5-4-7-14-11)12(16)15-8-9-17-2/h4-5,7H,3,6,8-9H2,1-2H3,(H,13,14)(H,15,16). The Hall–Kier alpha value is -1.62. The van der Waals surface area contributed by atoms with E-state index < -0.39 is 0 Å². The van der Waals surface area contributed by atoms with Gasteiger partial charge in [0.15, 0.2) is 0 Å². The van der Waals surface area contributed by atoms with Crippen molar-refractivity contribution in [3.05, 3.63) is 23.9 Å². The van der Waals surface area contributed by atoms with Gasteiger partial charge in [-0.3, -0.25) is 4.79 Å². The Kier molecular flexibility index (Phi) is 6.03. The van der Waals surface area contributed by atoms with Crippen LogP contribution in [0.3, 0.4) is 0 Å². The number of amides is 1. The lowest BCUT2D eigenvalue weighted by atomic mass is 10.2. The Balaban J connectivity index is 2.64. The Bertz CT molecular complexity index is 355. The number of anilines is 1. The van der Waals surface area contributed by atoms with Gasteiger partial charge in [-0.05, 0) is 18.6 Å². The van der Waals surface area contributed by atoms with Gasteiger partial charge in [0.1, 0.15) is 5.82 Å². The van der Waals surface area contributed by atoms with Crippen molar-refractivity contribution in [3.8, 4) is 0 Å². The number of aromatic nitrogens is 1. The molecule has 0 saturated carbocycles. The molecular weight excluding hydrogens is 218 g/mol. The summed E-state index contributed by atoms with van der Waals surface area (Å²) in [5, 5.41) is 5.90. The number of methoxy groups -OCH3 is 1. The van der Waals surface area contributed by atoms with E-state index in [2.05, 4.69) is 22.5 Å². The molecule has 94 valence electrons. The Morgan fingerprint density at radius 2 is 2.29 bits per heavy atom. The van der Waals surface area contributed by atoms with Gasteiger partial charge >= 0.3 is 0 Å². The van der Waals surface area contributed by atoms with Gasteiger partial charge in [-0.25, -0.2) is 4.98 Å². The molecule has 1 amide bonds. The largest absolute Gasteiger partial charge is 0.383 e. The summed E-state index contributed by atoms with van der Waals surface area (Å²) in [5.74, 6) is 0.498. The second-order valence-electron chi connectivity index (χ2n) is 3.58. The fourth-order valence-corrected chi connectivity index (χ4v) is 1.33. The number of carbonyl (C=O) groups excluding carboxylic acids is 1. The Morgan fingerprint density at radius 1 is 1.47 bits per heavy atom. The predicted molar refractivity (Wildman–Crippen MR) is 67.2 cm³/mol. The van der Waals surface area contributed by atoms with Crippen molar-refractivity contribution in [2.24, 2.45) is 0 Å². The minimum absolute atomic E-state index is 0.131. The summed E-state index contributed by atoms with van der Waals surface area (Å²) in [6, 6.07) is 3.51. The number of nitrogens with zero attached hydrogens (tertiary/aromatic N) is 1. The minimum atomic E-state index is -0.131. The van der Waals surface area contributed by atoms with E-state index in [9.17, 15) is 4.79 Å². The monoisotopic (exact) mass is 237 g/mol. The van der Waals surface area contributed by atoms with Crippen LogP contribution >= 0.6 is 0 Å². The molecule has 1 aromatic rings. The van der Waals surface area contributed by atoms with Crippen LogP contribution in [0.2, 0.25) is 0 Å². The topological polar surface area (TPSA) is 63.2 Å². The molecule has 1 rings (SSSR count). The van der Waals surface area contributed by atoms with Gasteiger partial charge in [0.2, 0.25) is 0 Å². The highest BCUT2D eigenvalue weighted by atomic mass is 16.5. The van der Waals surface area contributed by atoms with Crippen molar-refractivity contribution >= 4 is 11.7 Å². The number of ether oxygens (including phenoxy) is 1. The van der Waals surface area contributed by atoms with E-state index in [4.69, 9.17) is 4.74 Å². The van der Waals surface area contributed by atoms with E-state index >= 15 is 0 Å².